The highest BCUT2D eigenvalue weighted by Crippen LogP contribution is 2.25. The molecule has 0 radical (unpaired) electrons. The van der Waals surface area contributed by atoms with Gasteiger partial charge in [-0.05, 0) is 23.8 Å². The Bertz CT molecular complexity index is 1260. The van der Waals surface area contributed by atoms with Crippen molar-refractivity contribution in [2.45, 2.75) is 11.7 Å². The number of thioether (sulfide) groups is 1. The molecule has 1 heterocycles. The summed E-state index contributed by atoms with van der Waals surface area (Å²) in [5.41, 5.74) is 7.63. The van der Waals surface area contributed by atoms with Crippen molar-refractivity contribution in [3.05, 3.63) is 83.9 Å². The number of para-hydroxylation sites is 2. The number of hydrogen-bond acceptors (Lipinski definition) is 5. The second-order valence-corrected chi connectivity index (χ2v) is 8.22. The fourth-order valence-corrected chi connectivity index (χ4v) is 4.18. The zero-order chi connectivity index (χ0) is 22.3. The summed E-state index contributed by atoms with van der Waals surface area (Å²) in [4.78, 5) is 17.1. The first-order chi connectivity index (χ1) is 15.6. The lowest BCUT2D eigenvalue weighted by atomic mass is 9.94. The maximum atomic E-state index is 12.4. The lowest BCUT2D eigenvalue weighted by Crippen LogP contribution is -2.20. The Labute approximate surface area is 192 Å². The van der Waals surface area contributed by atoms with Crippen molar-refractivity contribution < 1.29 is 9.53 Å². The largest absolute Gasteiger partial charge is 0.496 e. The van der Waals surface area contributed by atoms with Crippen LogP contribution in [0.5, 0.6) is 5.75 Å². The number of amides is 1. The van der Waals surface area contributed by atoms with E-state index in [0.29, 0.717) is 12.3 Å². The molecule has 0 aliphatic heterocycles. The maximum Gasteiger partial charge on any atom is 0.250 e. The quantitative estimate of drug-likeness (QED) is 0.197. The van der Waals surface area contributed by atoms with Crippen LogP contribution in [0.3, 0.4) is 0 Å². The van der Waals surface area contributed by atoms with Crippen LogP contribution in [0.2, 0.25) is 0 Å². The molecule has 0 saturated heterocycles. The van der Waals surface area contributed by atoms with Gasteiger partial charge >= 0.3 is 0 Å². The summed E-state index contributed by atoms with van der Waals surface area (Å²) in [5.74, 6) is 0.717. The van der Waals surface area contributed by atoms with E-state index < -0.39 is 0 Å². The number of ether oxygens (including phenoxy) is 1. The monoisotopic (exact) mass is 442 g/mol. The first kappa shape index (κ1) is 21.7. The van der Waals surface area contributed by atoms with Crippen molar-refractivity contribution in [3.8, 4) is 5.75 Å². The molecular weight excluding hydrogens is 419 g/mol. The molecule has 0 bridgehead atoms. The minimum absolute atomic E-state index is 0.198. The molecule has 6 nitrogen and oxygen atoms in total. The van der Waals surface area contributed by atoms with Crippen LogP contribution in [0.1, 0.15) is 11.1 Å². The normalized spacial score (nSPS) is 11.2. The van der Waals surface area contributed by atoms with Gasteiger partial charge in [0.15, 0.2) is 5.16 Å². The number of aromatic nitrogens is 2. The van der Waals surface area contributed by atoms with E-state index in [0.717, 1.165) is 27.2 Å². The molecule has 0 fully saturated rings. The molecule has 4 rings (SSSR count). The molecule has 0 aliphatic carbocycles. The summed E-state index contributed by atoms with van der Waals surface area (Å²) in [6, 6.07) is 24.0. The Balaban J connectivity index is 1.44. The number of methoxy groups -OCH3 is 1. The lowest BCUT2D eigenvalue weighted by Gasteiger charge is -2.09. The molecule has 8 heteroatoms. The number of fused-ring (bicyclic) bond motifs is 1. The number of carbonyl (C=O) groups excluding carboxylic acids is 1. The van der Waals surface area contributed by atoms with Crippen LogP contribution in [0.15, 0.2) is 83.1 Å². The number of hydrazone groups is 1. The molecule has 32 heavy (non-hydrogen) atoms. The Hall–Kier alpha value is -3.52. The molecule has 0 unspecified atom stereocenters. The van der Waals surface area contributed by atoms with Crippen LogP contribution in [0.4, 0.5) is 0 Å². The van der Waals surface area contributed by atoms with Gasteiger partial charge in [-0.1, -0.05) is 71.8 Å². The smallest absolute Gasteiger partial charge is 0.250 e. The van der Waals surface area contributed by atoms with Crippen LogP contribution in [-0.2, 0) is 11.3 Å². The van der Waals surface area contributed by atoms with Crippen LogP contribution < -0.4 is 15.6 Å². The highest BCUT2D eigenvalue weighted by Gasteiger charge is 2.13. The number of nitrogens with one attached hydrogen (secondary N) is 1. The van der Waals surface area contributed by atoms with Gasteiger partial charge in [0.1, 0.15) is 13.6 Å². The Morgan fingerprint density at radius 3 is 2.75 bits per heavy atom. The topological polar surface area (TPSA) is 68.5 Å². The van der Waals surface area contributed by atoms with Crippen LogP contribution in [0, 0.1) is 0 Å². The van der Waals surface area contributed by atoms with E-state index in [9.17, 15) is 4.79 Å². The van der Waals surface area contributed by atoms with Gasteiger partial charge in [0.25, 0.3) is 5.91 Å². The summed E-state index contributed by atoms with van der Waals surface area (Å²) in [6.07, 6.45) is 1.60. The van der Waals surface area contributed by atoms with Gasteiger partial charge in [0.2, 0.25) is 0 Å². The van der Waals surface area contributed by atoms with Gasteiger partial charge < -0.3 is 9.30 Å². The first-order valence-corrected chi connectivity index (χ1v) is 11.2. The molecule has 0 atom stereocenters. The van der Waals surface area contributed by atoms with Crippen molar-refractivity contribution >= 4 is 48.2 Å². The third kappa shape index (κ3) is 5.21. The predicted molar refractivity (Wildman–Crippen MR) is 133 cm³/mol. The second-order valence-electron chi connectivity index (χ2n) is 7.28. The van der Waals surface area contributed by atoms with Crippen molar-refractivity contribution in [1.29, 1.82) is 0 Å². The molecule has 0 saturated carbocycles. The number of benzene rings is 3. The fraction of sp³-hybridized carbons (Fsp3) is 0.125. The van der Waals surface area contributed by atoms with Gasteiger partial charge in [-0.2, -0.15) is 5.10 Å². The molecule has 1 N–H and O–H groups in total. The zero-order valence-electron chi connectivity index (χ0n) is 18.0. The van der Waals surface area contributed by atoms with Gasteiger partial charge in [-0.25, -0.2) is 10.4 Å². The number of hydrogen-bond donors (Lipinski definition) is 1. The molecular formula is C24H23BN4O2S. The van der Waals surface area contributed by atoms with Gasteiger partial charge in [-0.3, -0.25) is 4.79 Å². The Morgan fingerprint density at radius 1 is 1.16 bits per heavy atom. The second kappa shape index (κ2) is 10.2. The van der Waals surface area contributed by atoms with Crippen molar-refractivity contribution in [2.24, 2.45) is 5.10 Å². The SMILES string of the molecule is Bc1ccc(OC)c(/C=N/NC(=O)CSc2nc3ccccc3n2Cc2ccccc2)c1. The van der Waals surface area contributed by atoms with E-state index in [-0.39, 0.29) is 11.7 Å². The average molecular weight is 442 g/mol. The first-order valence-electron chi connectivity index (χ1n) is 10.2. The predicted octanol–water partition coefficient (Wildman–Crippen LogP) is 2.59. The standard InChI is InChI=1S/C24H23BN4O2S/c1-31-22-12-11-19(25)13-18(22)14-26-28-23(30)16-32-24-27-20-9-5-6-10-21(20)29(24)15-17-7-3-2-4-8-17/h2-14H,15-16,25H2,1H3,(H,28,30)/b26-14+. The van der Waals surface area contributed by atoms with Gasteiger partial charge in [0.05, 0.1) is 36.7 Å². The van der Waals surface area contributed by atoms with Gasteiger partial charge in [0, 0.05) is 5.56 Å². The summed E-state index contributed by atoms with van der Waals surface area (Å²) in [7, 11) is 3.60. The van der Waals surface area contributed by atoms with E-state index in [1.807, 2.05) is 62.4 Å². The molecule has 1 amide bonds. The molecule has 4 aromatic rings. The zero-order valence-corrected chi connectivity index (χ0v) is 18.8. The van der Waals surface area contributed by atoms with Crippen LogP contribution in [-0.4, -0.2) is 42.4 Å². The van der Waals surface area contributed by atoms with E-state index in [1.54, 1.807) is 13.3 Å². The Morgan fingerprint density at radius 2 is 1.94 bits per heavy atom. The Kier molecular flexibility index (Phi) is 6.92. The molecule has 1 aromatic heterocycles. The molecule has 3 aromatic carbocycles. The van der Waals surface area contributed by atoms with Crippen LogP contribution >= 0.6 is 11.8 Å². The highest BCUT2D eigenvalue weighted by atomic mass is 32.2. The minimum atomic E-state index is -0.198. The number of rotatable bonds is 8. The summed E-state index contributed by atoms with van der Waals surface area (Å²) in [5, 5.41) is 4.89. The van der Waals surface area contributed by atoms with Crippen molar-refractivity contribution in [3.63, 3.8) is 0 Å². The summed E-state index contributed by atoms with van der Waals surface area (Å²) < 4.78 is 7.48. The fourth-order valence-electron chi connectivity index (χ4n) is 3.37. The highest BCUT2D eigenvalue weighted by molar-refractivity contribution is 7.99. The number of imidazole rings is 1. The molecule has 0 aliphatic rings. The third-order valence-corrected chi connectivity index (χ3v) is 5.89. The maximum absolute atomic E-state index is 12.4. The van der Waals surface area contributed by atoms with Crippen molar-refractivity contribution in [1.82, 2.24) is 15.0 Å². The summed E-state index contributed by atoms with van der Waals surface area (Å²) in [6.45, 7) is 0.691. The van der Waals surface area contributed by atoms with Gasteiger partial charge in [-0.15, -0.1) is 0 Å². The molecule has 0 spiro atoms. The minimum Gasteiger partial charge on any atom is -0.496 e. The molecule has 160 valence electrons. The lowest BCUT2D eigenvalue weighted by molar-refractivity contribution is -0.118. The third-order valence-electron chi connectivity index (χ3n) is 4.91. The summed E-state index contributed by atoms with van der Waals surface area (Å²) >= 11 is 1.40. The van der Waals surface area contributed by atoms with E-state index >= 15 is 0 Å². The van der Waals surface area contributed by atoms with E-state index in [4.69, 9.17) is 9.72 Å². The van der Waals surface area contributed by atoms with Crippen molar-refractivity contribution in [2.75, 3.05) is 12.9 Å². The average Bonchev–Trinajstić information content (AvgIpc) is 3.16. The number of carbonyl (C=O) groups is 1. The number of nitrogens with zero attached hydrogens (tertiary/aromatic N) is 3. The van der Waals surface area contributed by atoms with E-state index in [2.05, 4.69) is 33.3 Å². The van der Waals surface area contributed by atoms with E-state index in [1.165, 1.54) is 17.3 Å². The van der Waals surface area contributed by atoms with Crippen LogP contribution in [0.25, 0.3) is 11.0 Å².